The van der Waals surface area contributed by atoms with Gasteiger partial charge in [0.25, 0.3) is 0 Å². The number of nitrogens with two attached hydrogens (primary N) is 1. The number of piperidine rings is 1. The van der Waals surface area contributed by atoms with Crippen LogP contribution in [-0.2, 0) is 4.74 Å². The van der Waals surface area contributed by atoms with Crippen molar-refractivity contribution < 1.29 is 9.47 Å². The molecule has 1 fully saturated rings. The third kappa shape index (κ3) is 4.90. The number of rotatable bonds is 6. The van der Waals surface area contributed by atoms with Crippen molar-refractivity contribution in [2.24, 2.45) is 5.73 Å². The molecule has 0 bridgehead atoms. The summed E-state index contributed by atoms with van der Waals surface area (Å²) in [6, 6.07) is 6.78. The van der Waals surface area contributed by atoms with E-state index in [4.69, 9.17) is 15.2 Å². The second-order valence-electron chi connectivity index (χ2n) is 6.04. The van der Waals surface area contributed by atoms with Crippen LogP contribution in [0.1, 0.15) is 32.3 Å². The summed E-state index contributed by atoms with van der Waals surface area (Å²) in [5.74, 6) is 0.944. The van der Waals surface area contributed by atoms with Crippen LogP contribution < -0.4 is 15.4 Å². The maximum absolute atomic E-state index is 5.96. The average Bonchev–Trinajstić information content (AvgIpc) is 2.45. The quantitative estimate of drug-likeness (QED) is 0.819. The Kier molecular flexibility index (Phi) is 5.88. The van der Waals surface area contributed by atoms with Crippen molar-refractivity contribution in [2.75, 3.05) is 31.2 Å². The van der Waals surface area contributed by atoms with Crippen LogP contribution in [0.15, 0.2) is 18.2 Å². The van der Waals surface area contributed by atoms with E-state index in [1.165, 1.54) is 11.3 Å². The number of anilines is 1. The third-order valence-electron chi connectivity index (χ3n) is 3.86. The third-order valence-corrected chi connectivity index (χ3v) is 3.86. The molecule has 1 saturated heterocycles. The van der Waals surface area contributed by atoms with E-state index in [0.717, 1.165) is 31.7 Å². The first-order valence-corrected chi connectivity index (χ1v) is 7.92. The average molecular weight is 292 g/mol. The fourth-order valence-electron chi connectivity index (χ4n) is 2.59. The molecule has 0 saturated carbocycles. The van der Waals surface area contributed by atoms with E-state index in [1.54, 1.807) is 0 Å². The van der Waals surface area contributed by atoms with Crippen LogP contribution in [0.5, 0.6) is 5.75 Å². The van der Waals surface area contributed by atoms with Gasteiger partial charge in [0.05, 0.1) is 12.7 Å². The molecule has 2 rings (SSSR count). The minimum Gasteiger partial charge on any atom is -0.491 e. The summed E-state index contributed by atoms with van der Waals surface area (Å²) >= 11 is 0. The predicted octanol–water partition coefficient (Wildman–Crippen LogP) is 2.73. The van der Waals surface area contributed by atoms with Crippen LogP contribution in [0, 0.1) is 6.92 Å². The number of benzene rings is 1. The monoisotopic (exact) mass is 292 g/mol. The van der Waals surface area contributed by atoms with E-state index in [9.17, 15) is 0 Å². The van der Waals surface area contributed by atoms with Crippen molar-refractivity contribution in [3.8, 4) is 5.75 Å². The summed E-state index contributed by atoms with van der Waals surface area (Å²) < 4.78 is 11.3. The minimum atomic E-state index is 0.252. The molecule has 21 heavy (non-hydrogen) atoms. The number of hydrogen-bond acceptors (Lipinski definition) is 4. The lowest BCUT2D eigenvalue weighted by Crippen LogP contribution is -2.39. The number of hydrogen-bond donors (Lipinski definition) is 1. The Balaban J connectivity index is 1.88. The molecule has 1 aromatic rings. The molecule has 118 valence electrons. The molecule has 0 atom stereocenters. The van der Waals surface area contributed by atoms with Gasteiger partial charge >= 0.3 is 0 Å². The van der Waals surface area contributed by atoms with Gasteiger partial charge in [0.15, 0.2) is 0 Å². The van der Waals surface area contributed by atoms with Gasteiger partial charge in [-0.15, -0.1) is 0 Å². The topological polar surface area (TPSA) is 47.7 Å². The molecule has 0 aromatic heterocycles. The summed E-state index contributed by atoms with van der Waals surface area (Å²) in [6.45, 7) is 9.47. The maximum atomic E-state index is 5.96. The first kappa shape index (κ1) is 16.1. The molecule has 0 aliphatic carbocycles. The molecule has 2 N–H and O–H groups in total. The molecule has 1 aliphatic rings. The SMILES string of the molecule is Cc1cc(N2CCC(N)CC2)ccc1OCCOC(C)C. The van der Waals surface area contributed by atoms with Crippen molar-refractivity contribution >= 4 is 5.69 Å². The predicted molar refractivity (Wildman–Crippen MR) is 87.2 cm³/mol. The lowest BCUT2D eigenvalue weighted by molar-refractivity contribution is 0.0551. The molecule has 0 spiro atoms. The normalized spacial score (nSPS) is 16.5. The van der Waals surface area contributed by atoms with Crippen LogP contribution in [0.2, 0.25) is 0 Å². The zero-order valence-corrected chi connectivity index (χ0v) is 13.5. The smallest absolute Gasteiger partial charge is 0.122 e. The first-order chi connectivity index (χ1) is 10.1. The van der Waals surface area contributed by atoms with E-state index in [-0.39, 0.29) is 6.10 Å². The van der Waals surface area contributed by atoms with Crippen molar-refractivity contribution in [2.45, 2.75) is 45.8 Å². The number of nitrogens with zero attached hydrogens (tertiary/aromatic N) is 1. The van der Waals surface area contributed by atoms with Crippen LogP contribution in [0.3, 0.4) is 0 Å². The van der Waals surface area contributed by atoms with Crippen molar-refractivity contribution in [3.05, 3.63) is 23.8 Å². The van der Waals surface area contributed by atoms with Crippen LogP contribution in [0.25, 0.3) is 0 Å². The van der Waals surface area contributed by atoms with Gasteiger partial charge < -0.3 is 20.1 Å². The van der Waals surface area contributed by atoms with E-state index in [0.29, 0.717) is 19.3 Å². The molecule has 4 nitrogen and oxygen atoms in total. The van der Waals surface area contributed by atoms with Crippen molar-refractivity contribution in [1.82, 2.24) is 0 Å². The zero-order chi connectivity index (χ0) is 15.2. The molecule has 1 aromatic carbocycles. The highest BCUT2D eigenvalue weighted by atomic mass is 16.5. The van der Waals surface area contributed by atoms with Crippen molar-refractivity contribution in [1.29, 1.82) is 0 Å². The van der Waals surface area contributed by atoms with E-state index in [1.807, 2.05) is 13.8 Å². The van der Waals surface area contributed by atoms with Gasteiger partial charge in [0.2, 0.25) is 0 Å². The van der Waals surface area contributed by atoms with Gasteiger partial charge in [0.1, 0.15) is 12.4 Å². The van der Waals surface area contributed by atoms with E-state index < -0.39 is 0 Å². The Morgan fingerprint density at radius 1 is 1.24 bits per heavy atom. The summed E-state index contributed by atoms with van der Waals surface area (Å²) in [4.78, 5) is 2.40. The van der Waals surface area contributed by atoms with E-state index >= 15 is 0 Å². The summed E-state index contributed by atoms with van der Waals surface area (Å²) in [5, 5.41) is 0. The second kappa shape index (κ2) is 7.66. The van der Waals surface area contributed by atoms with Gasteiger partial charge in [-0.2, -0.15) is 0 Å². The molecule has 1 heterocycles. The summed E-state index contributed by atoms with van der Waals surface area (Å²) in [5.41, 5.74) is 8.40. The van der Waals surface area contributed by atoms with Gasteiger partial charge in [-0.1, -0.05) is 0 Å². The molecule has 4 heteroatoms. The summed E-state index contributed by atoms with van der Waals surface area (Å²) in [6.07, 6.45) is 2.40. The molecule has 1 aliphatic heterocycles. The lowest BCUT2D eigenvalue weighted by Gasteiger charge is -2.32. The van der Waals surface area contributed by atoms with Gasteiger partial charge in [-0.05, 0) is 57.4 Å². The first-order valence-electron chi connectivity index (χ1n) is 7.92. The Labute approximate surface area is 128 Å². The summed E-state index contributed by atoms with van der Waals surface area (Å²) in [7, 11) is 0. The van der Waals surface area contributed by atoms with Crippen LogP contribution in [0.4, 0.5) is 5.69 Å². The minimum absolute atomic E-state index is 0.252. The van der Waals surface area contributed by atoms with Crippen molar-refractivity contribution in [3.63, 3.8) is 0 Å². The maximum Gasteiger partial charge on any atom is 0.122 e. The highest BCUT2D eigenvalue weighted by Crippen LogP contribution is 2.26. The fourth-order valence-corrected chi connectivity index (χ4v) is 2.59. The number of ether oxygens (including phenoxy) is 2. The molecule has 0 amide bonds. The molecular formula is C17H28N2O2. The lowest BCUT2D eigenvalue weighted by atomic mass is 10.0. The fraction of sp³-hybridized carbons (Fsp3) is 0.647. The van der Waals surface area contributed by atoms with E-state index in [2.05, 4.69) is 30.0 Å². The second-order valence-corrected chi connectivity index (χ2v) is 6.04. The van der Waals surface area contributed by atoms with Crippen LogP contribution in [-0.4, -0.2) is 38.4 Å². The zero-order valence-electron chi connectivity index (χ0n) is 13.5. The Morgan fingerprint density at radius 3 is 2.57 bits per heavy atom. The molecular weight excluding hydrogens is 264 g/mol. The van der Waals surface area contributed by atoms with Gasteiger partial charge in [0, 0.05) is 24.8 Å². The standard InChI is InChI=1S/C17H28N2O2/c1-13(2)20-10-11-21-17-5-4-16(12-14(17)3)19-8-6-15(18)7-9-19/h4-5,12-13,15H,6-11,18H2,1-3H3. The molecule has 0 radical (unpaired) electrons. The Hall–Kier alpha value is -1.26. The highest BCUT2D eigenvalue weighted by Gasteiger charge is 2.16. The Bertz CT molecular complexity index is 440. The van der Waals surface area contributed by atoms with Gasteiger partial charge in [-0.3, -0.25) is 0 Å². The Morgan fingerprint density at radius 2 is 1.95 bits per heavy atom. The highest BCUT2D eigenvalue weighted by molar-refractivity contribution is 5.53. The van der Waals surface area contributed by atoms with Crippen LogP contribution >= 0.6 is 0 Å². The van der Waals surface area contributed by atoms with Gasteiger partial charge in [-0.25, -0.2) is 0 Å². The largest absolute Gasteiger partial charge is 0.491 e. The molecule has 0 unspecified atom stereocenters. The number of aryl methyl sites for hydroxylation is 1.